The minimum Gasteiger partial charge on any atom is -0.388 e. The highest BCUT2D eigenvalue weighted by Gasteiger charge is 2.37. The largest absolute Gasteiger partial charge is 0.388 e. The van der Waals surface area contributed by atoms with E-state index in [4.69, 9.17) is 0 Å². The number of amides is 1. The second-order valence-electron chi connectivity index (χ2n) is 4.74. The molecule has 0 radical (unpaired) electrons. The molecule has 3 nitrogen and oxygen atoms in total. The van der Waals surface area contributed by atoms with E-state index >= 15 is 0 Å². The van der Waals surface area contributed by atoms with Gasteiger partial charge in [-0.3, -0.25) is 4.79 Å². The number of rotatable bonds is 3. The van der Waals surface area contributed by atoms with Gasteiger partial charge < -0.3 is 10.0 Å². The monoisotopic (exact) mass is 249 g/mol. The summed E-state index contributed by atoms with van der Waals surface area (Å²) >= 11 is 0. The third-order valence-corrected chi connectivity index (χ3v) is 3.24. The molecule has 0 aliphatic carbocycles. The number of likely N-dealkylation sites (tertiary alicyclic amines) is 1. The van der Waals surface area contributed by atoms with E-state index in [1.165, 1.54) is 18.2 Å². The molecule has 0 spiro atoms. The van der Waals surface area contributed by atoms with E-state index in [9.17, 15) is 14.3 Å². The number of carbonyl (C=O) groups excluding carboxylic acids is 1. The Labute approximate surface area is 106 Å². The summed E-state index contributed by atoms with van der Waals surface area (Å²) in [5.74, 6) is -0.488. The van der Waals surface area contributed by atoms with Crippen molar-refractivity contribution in [2.24, 2.45) is 0 Å². The third-order valence-electron chi connectivity index (χ3n) is 3.24. The van der Waals surface area contributed by atoms with E-state index in [-0.39, 0.29) is 18.3 Å². The number of β-amino-alcohol motifs (C(OH)–C–C–N with tert-alkyl or cyclic N) is 1. The molecule has 1 saturated heterocycles. The molecular weight excluding hydrogens is 233 g/mol. The predicted octanol–water partition coefficient (Wildman–Crippen LogP) is 1.52. The molecule has 1 aliphatic rings. The Morgan fingerprint density at radius 1 is 1.61 bits per heavy atom. The molecule has 1 heterocycles. The maximum atomic E-state index is 13.1. The second kappa shape index (κ2) is 4.90. The van der Waals surface area contributed by atoms with Gasteiger partial charge in [0.05, 0.1) is 12.1 Å². The van der Waals surface area contributed by atoms with Gasteiger partial charge in [0, 0.05) is 13.0 Å². The Hall–Kier alpha value is -1.68. The van der Waals surface area contributed by atoms with E-state index in [0.717, 1.165) is 5.56 Å². The van der Waals surface area contributed by atoms with Crippen LogP contribution in [-0.2, 0) is 11.2 Å². The number of aliphatic hydroxyl groups is 1. The molecular formula is C14H16FNO2. The van der Waals surface area contributed by atoms with Crippen molar-refractivity contribution < 1.29 is 14.3 Å². The molecule has 0 bridgehead atoms. The molecule has 1 aromatic carbocycles. The molecule has 0 saturated carbocycles. The SMILES string of the molecule is C=CC(=O)N1CCC(O)(Cc2cccc(F)c2)C1. The van der Waals surface area contributed by atoms with E-state index in [1.807, 2.05) is 0 Å². The molecule has 2 rings (SSSR count). The smallest absolute Gasteiger partial charge is 0.246 e. The van der Waals surface area contributed by atoms with Crippen LogP contribution in [0, 0.1) is 5.82 Å². The van der Waals surface area contributed by atoms with Gasteiger partial charge in [-0.1, -0.05) is 18.7 Å². The van der Waals surface area contributed by atoms with Gasteiger partial charge in [0.1, 0.15) is 5.82 Å². The van der Waals surface area contributed by atoms with Gasteiger partial charge in [-0.25, -0.2) is 4.39 Å². The topological polar surface area (TPSA) is 40.5 Å². The number of carbonyl (C=O) groups is 1. The Morgan fingerprint density at radius 3 is 3.06 bits per heavy atom. The molecule has 1 unspecified atom stereocenters. The van der Waals surface area contributed by atoms with Crippen LogP contribution in [0.15, 0.2) is 36.9 Å². The van der Waals surface area contributed by atoms with Crippen LogP contribution < -0.4 is 0 Å². The van der Waals surface area contributed by atoms with Crippen molar-refractivity contribution in [3.63, 3.8) is 0 Å². The van der Waals surface area contributed by atoms with Gasteiger partial charge in [-0.05, 0) is 30.2 Å². The summed E-state index contributed by atoms with van der Waals surface area (Å²) in [5.41, 5.74) is -0.225. The van der Waals surface area contributed by atoms with E-state index in [0.29, 0.717) is 19.4 Å². The lowest BCUT2D eigenvalue weighted by Gasteiger charge is -2.23. The van der Waals surface area contributed by atoms with Crippen molar-refractivity contribution in [1.82, 2.24) is 4.90 Å². The maximum absolute atomic E-state index is 13.1. The van der Waals surface area contributed by atoms with Crippen molar-refractivity contribution in [2.45, 2.75) is 18.4 Å². The quantitative estimate of drug-likeness (QED) is 0.825. The first-order chi connectivity index (χ1) is 8.52. The van der Waals surface area contributed by atoms with Crippen molar-refractivity contribution >= 4 is 5.91 Å². The molecule has 1 aliphatic heterocycles. The van der Waals surface area contributed by atoms with E-state index in [1.54, 1.807) is 17.0 Å². The third kappa shape index (κ3) is 2.76. The van der Waals surface area contributed by atoms with Crippen LogP contribution in [0.25, 0.3) is 0 Å². The van der Waals surface area contributed by atoms with Gasteiger partial charge in [-0.15, -0.1) is 0 Å². The Balaban J connectivity index is 2.06. The molecule has 0 aromatic heterocycles. The summed E-state index contributed by atoms with van der Waals surface area (Å²) in [6.45, 7) is 4.21. The highest BCUT2D eigenvalue weighted by molar-refractivity contribution is 5.87. The fourth-order valence-corrected chi connectivity index (χ4v) is 2.34. The summed E-state index contributed by atoms with van der Waals surface area (Å²) in [6.07, 6.45) is 2.10. The number of nitrogens with zero attached hydrogens (tertiary/aromatic N) is 1. The first-order valence-corrected chi connectivity index (χ1v) is 5.91. The fourth-order valence-electron chi connectivity index (χ4n) is 2.34. The van der Waals surface area contributed by atoms with Crippen molar-refractivity contribution in [3.8, 4) is 0 Å². The molecule has 96 valence electrons. The number of benzene rings is 1. The van der Waals surface area contributed by atoms with Crippen LogP contribution >= 0.6 is 0 Å². The zero-order chi connectivity index (χ0) is 13.2. The highest BCUT2D eigenvalue weighted by atomic mass is 19.1. The first-order valence-electron chi connectivity index (χ1n) is 5.91. The maximum Gasteiger partial charge on any atom is 0.246 e. The highest BCUT2D eigenvalue weighted by Crippen LogP contribution is 2.25. The first kappa shape index (κ1) is 12.8. The Morgan fingerprint density at radius 2 is 2.39 bits per heavy atom. The summed E-state index contributed by atoms with van der Waals surface area (Å²) in [7, 11) is 0. The normalized spacial score (nSPS) is 23.1. The molecule has 18 heavy (non-hydrogen) atoms. The van der Waals surface area contributed by atoms with Gasteiger partial charge in [0.2, 0.25) is 5.91 Å². The lowest BCUT2D eigenvalue weighted by atomic mass is 9.94. The molecule has 1 N–H and O–H groups in total. The van der Waals surface area contributed by atoms with Crippen molar-refractivity contribution in [1.29, 1.82) is 0 Å². The zero-order valence-corrected chi connectivity index (χ0v) is 10.1. The van der Waals surface area contributed by atoms with Crippen LogP contribution in [0.1, 0.15) is 12.0 Å². The lowest BCUT2D eigenvalue weighted by Crippen LogP contribution is -2.37. The van der Waals surface area contributed by atoms with Crippen LogP contribution in [-0.4, -0.2) is 34.6 Å². The van der Waals surface area contributed by atoms with Gasteiger partial charge >= 0.3 is 0 Å². The predicted molar refractivity (Wildman–Crippen MR) is 66.4 cm³/mol. The zero-order valence-electron chi connectivity index (χ0n) is 10.1. The van der Waals surface area contributed by atoms with Gasteiger partial charge in [-0.2, -0.15) is 0 Å². The van der Waals surface area contributed by atoms with Crippen molar-refractivity contribution in [2.75, 3.05) is 13.1 Å². The summed E-state index contributed by atoms with van der Waals surface area (Å²) in [4.78, 5) is 13.0. The van der Waals surface area contributed by atoms with Crippen LogP contribution in [0.3, 0.4) is 0 Å². The summed E-state index contributed by atoms with van der Waals surface area (Å²) in [5, 5.41) is 10.4. The average Bonchev–Trinajstić information content (AvgIpc) is 2.70. The van der Waals surface area contributed by atoms with Crippen LogP contribution in [0.4, 0.5) is 4.39 Å². The lowest BCUT2D eigenvalue weighted by molar-refractivity contribution is -0.126. The molecule has 1 atom stereocenters. The van der Waals surface area contributed by atoms with Gasteiger partial charge in [0.15, 0.2) is 0 Å². The van der Waals surface area contributed by atoms with E-state index < -0.39 is 5.60 Å². The average molecular weight is 249 g/mol. The summed E-state index contributed by atoms with van der Waals surface area (Å²) < 4.78 is 13.1. The molecule has 1 aromatic rings. The molecule has 1 amide bonds. The Bertz CT molecular complexity index is 475. The van der Waals surface area contributed by atoms with E-state index in [2.05, 4.69) is 6.58 Å². The Kier molecular flexibility index (Phi) is 3.48. The number of halogens is 1. The standard InChI is InChI=1S/C14H16FNO2/c1-2-13(17)16-7-6-14(18,10-16)9-11-4-3-5-12(15)8-11/h2-5,8,18H,1,6-7,9-10H2. The molecule has 4 heteroatoms. The number of hydrogen-bond donors (Lipinski definition) is 1. The minimum absolute atomic E-state index is 0.176. The second-order valence-corrected chi connectivity index (χ2v) is 4.74. The van der Waals surface area contributed by atoms with Gasteiger partial charge in [0.25, 0.3) is 0 Å². The van der Waals surface area contributed by atoms with Crippen LogP contribution in [0.5, 0.6) is 0 Å². The number of hydrogen-bond acceptors (Lipinski definition) is 2. The van der Waals surface area contributed by atoms with Crippen molar-refractivity contribution in [3.05, 3.63) is 48.3 Å². The molecule has 1 fully saturated rings. The summed E-state index contributed by atoms with van der Waals surface area (Å²) in [6, 6.07) is 6.18. The minimum atomic E-state index is -0.966. The van der Waals surface area contributed by atoms with Crippen LogP contribution in [0.2, 0.25) is 0 Å². The fraction of sp³-hybridized carbons (Fsp3) is 0.357.